The van der Waals surface area contributed by atoms with E-state index in [1.165, 1.54) is 5.56 Å². The summed E-state index contributed by atoms with van der Waals surface area (Å²) in [6, 6.07) is 14.3. The summed E-state index contributed by atoms with van der Waals surface area (Å²) in [5, 5.41) is 4.09. The third-order valence-electron chi connectivity index (χ3n) is 4.96. The molecule has 2 aromatic rings. The van der Waals surface area contributed by atoms with Crippen LogP contribution in [0.25, 0.3) is 0 Å². The third kappa shape index (κ3) is 3.51. The molecule has 0 atom stereocenters. The lowest BCUT2D eigenvalue weighted by Crippen LogP contribution is -2.43. The molecule has 130 valence electrons. The Morgan fingerprint density at radius 1 is 1.04 bits per heavy atom. The molecule has 2 aromatic carbocycles. The van der Waals surface area contributed by atoms with Gasteiger partial charge in [-0.2, -0.15) is 0 Å². The molecule has 0 bridgehead atoms. The minimum Gasteiger partial charge on any atom is -0.369 e. The van der Waals surface area contributed by atoms with Gasteiger partial charge in [-0.1, -0.05) is 29.8 Å². The Hall–Kier alpha value is -2.04. The highest BCUT2D eigenvalue weighted by molar-refractivity contribution is 6.31. The van der Waals surface area contributed by atoms with Crippen LogP contribution < -0.4 is 15.1 Å². The molecule has 1 saturated heterocycles. The molecule has 2 aliphatic heterocycles. The van der Waals surface area contributed by atoms with E-state index in [4.69, 9.17) is 11.6 Å². The fourth-order valence-electron chi connectivity index (χ4n) is 3.68. The van der Waals surface area contributed by atoms with Crippen LogP contribution in [0.1, 0.15) is 17.5 Å². The minimum absolute atomic E-state index is 0.183. The number of rotatable bonds is 3. The van der Waals surface area contributed by atoms with Crippen LogP contribution in [0.3, 0.4) is 0 Å². The summed E-state index contributed by atoms with van der Waals surface area (Å²) in [4.78, 5) is 16.7. The molecule has 5 heteroatoms. The van der Waals surface area contributed by atoms with E-state index in [2.05, 4.69) is 22.3 Å². The van der Waals surface area contributed by atoms with Gasteiger partial charge < -0.3 is 15.1 Å². The molecule has 1 fully saturated rings. The van der Waals surface area contributed by atoms with Crippen LogP contribution in [0.15, 0.2) is 42.5 Å². The van der Waals surface area contributed by atoms with Crippen LogP contribution in [0.5, 0.6) is 0 Å². The maximum atomic E-state index is 12.5. The Morgan fingerprint density at radius 3 is 2.68 bits per heavy atom. The average molecular weight is 356 g/mol. The highest BCUT2D eigenvalue weighted by atomic mass is 35.5. The molecule has 4 rings (SSSR count). The number of aryl methyl sites for hydroxylation is 1. The number of nitrogens with one attached hydrogen (secondary N) is 1. The molecule has 4 nitrogen and oxygen atoms in total. The zero-order chi connectivity index (χ0) is 17.2. The van der Waals surface area contributed by atoms with Crippen LogP contribution in [-0.4, -0.2) is 32.1 Å². The number of carbonyl (C=O) groups excluding carboxylic acids is 1. The average Bonchev–Trinajstić information content (AvgIpc) is 2.64. The Bertz CT molecular complexity index is 786. The first kappa shape index (κ1) is 16.4. The van der Waals surface area contributed by atoms with Crippen LogP contribution in [0.4, 0.5) is 11.4 Å². The molecular formula is C20H22ClN3O. The molecule has 0 unspecified atom stereocenters. The minimum atomic E-state index is 0.183. The molecular weight excluding hydrogens is 334 g/mol. The lowest BCUT2D eigenvalue weighted by molar-refractivity contribution is -0.119. The van der Waals surface area contributed by atoms with E-state index in [-0.39, 0.29) is 5.91 Å². The number of carbonyl (C=O) groups is 1. The molecule has 0 aliphatic carbocycles. The maximum Gasteiger partial charge on any atom is 0.227 e. The number of para-hydroxylation sites is 1. The third-order valence-corrected chi connectivity index (χ3v) is 5.18. The summed E-state index contributed by atoms with van der Waals surface area (Å²) in [7, 11) is 0. The molecule has 0 spiro atoms. The van der Waals surface area contributed by atoms with Crippen molar-refractivity contribution in [2.45, 2.75) is 19.4 Å². The fraction of sp³-hybridized carbons (Fsp3) is 0.350. The zero-order valence-corrected chi connectivity index (χ0v) is 14.9. The quantitative estimate of drug-likeness (QED) is 0.918. The van der Waals surface area contributed by atoms with E-state index in [1.807, 2.05) is 35.2 Å². The Balaban J connectivity index is 1.62. The van der Waals surface area contributed by atoms with E-state index < -0.39 is 0 Å². The lowest BCUT2D eigenvalue weighted by Gasteiger charge is -2.31. The van der Waals surface area contributed by atoms with Gasteiger partial charge in [-0.15, -0.1) is 0 Å². The van der Waals surface area contributed by atoms with Crippen molar-refractivity contribution in [2.75, 3.05) is 36.0 Å². The molecule has 2 aliphatic rings. The van der Waals surface area contributed by atoms with Crippen LogP contribution in [0.2, 0.25) is 5.02 Å². The highest BCUT2D eigenvalue weighted by Gasteiger charge is 2.24. The number of piperazine rings is 1. The van der Waals surface area contributed by atoms with E-state index in [0.29, 0.717) is 13.0 Å². The summed E-state index contributed by atoms with van der Waals surface area (Å²) in [5.41, 5.74) is 4.49. The summed E-state index contributed by atoms with van der Waals surface area (Å²) < 4.78 is 0. The van der Waals surface area contributed by atoms with Gasteiger partial charge >= 0.3 is 0 Å². The first-order valence-corrected chi connectivity index (χ1v) is 9.22. The Kier molecular flexibility index (Phi) is 4.64. The van der Waals surface area contributed by atoms with E-state index in [0.717, 1.165) is 54.6 Å². The van der Waals surface area contributed by atoms with Gasteiger partial charge in [-0.05, 0) is 41.8 Å². The normalized spacial score (nSPS) is 17.6. The number of fused-ring (bicyclic) bond motifs is 1. The number of anilines is 2. The van der Waals surface area contributed by atoms with Gasteiger partial charge in [-0.25, -0.2) is 0 Å². The first-order valence-electron chi connectivity index (χ1n) is 8.84. The SMILES string of the molecule is O=C1CCc2ccccc2N1Cc1cc(Cl)cc(N2CCNCC2)c1. The van der Waals surface area contributed by atoms with Crippen LogP contribution in [0, 0.1) is 0 Å². The van der Waals surface area contributed by atoms with Crippen LogP contribution in [-0.2, 0) is 17.8 Å². The van der Waals surface area contributed by atoms with Crippen molar-refractivity contribution in [3.63, 3.8) is 0 Å². The number of nitrogens with zero attached hydrogens (tertiary/aromatic N) is 2. The van der Waals surface area contributed by atoms with Crippen LogP contribution >= 0.6 is 11.6 Å². The topological polar surface area (TPSA) is 35.6 Å². The van der Waals surface area contributed by atoms with E-state index >= 15 is 0 Å². The highest BCUT2D eigenvalue weighted by Crippen LogP contribution is 2.30. The molecule has 0 radical (unpaired) electrons. The molecule has 0 saturated carbocycles. The first-order chi connectivity index (χ1) is 12.2. The lowest BCUT2D eigenvalue weighted by atomic mass is 10.0. The number of amides is 1. The summed E-state index contributed by atoms with van der Waals surface area (Å²) in [6.07, 6.45) is 1.40. The van der Waals surface area contributed by atoms with Crippen molar-refractivity contribution in [2.24, 2.45) is 0 Å². The summed E-state index contributed by atoms with van der Waals surface area (Å²) in [6.45, 7) is 4.49. The van der Waals surface area contributed by atoms with Crippen molar-refractivity contribution in [3.8, 4) is 0 Å². The second-order valence-electron chi connectivity index (χ2n) is 6.66. The Labute approximate surface area is 153 Å². The predicted octanol–water partition coefficient (Wildman–Crippen LogP) is 3.23. The molecule has 25 heavy (non-hydrogen) atoms. The largest absolute Gasteiger partial charge is 0.369 e. The molecule has 1 amide bonds. The van der Waals surface area contributed by atoms with Gasteiger partial charge in [0.05, 0.1) is 6.54 Å². The maximum absolute atomic E-state index is 12.5. The predicted molar refractivity (Wildman–Crippen MR) is 102 cm³/mol. The fourth-order valence-corrected chi connectivity index (χ4v) is 3.93. The van der Waals surface area contributed by atoms with Gasteiger partial charge in [0.15, 0.2) is 0 Å². The van der Waals surface area contributed by atoms with E-state index in [9.17, 15) is 4.79 Å². The van der Waals surface area contributed by atoms with Gasteiger partial charge in [-0.3, -0.25) is 4.79 Å². The summed E-state index contributed by atoms with van der Waals surface area (Å²) in [5.74, 6) is 0.183. The summed E-state index contributed by atoms with van der Waals surface area (Å²) >= 11 is 6.38. The van der Waals surface area contributed by atoms with Crippen molar-refractivity contribution < 1.29 is 4.79 Å². The van der Waals surface area contributed by atoms with Crippen molar-refractivity contribution in [1.29, 1.82) is 0 Å². The second kappa shape index (κ2) is 7.06. The van der Waals surface area contributed by atoms with Gasteiger partial charge in [0.25, 0.3) is 0 Å². The number of halogens is 1. The zero-order valence-electron chi connectivity index (χ0n) is 14.2. The number of benzene rings is 2. The molecule has 0 aromatic heterocycles. The second-order valence-corrected chi connectivity index (χ2v) is 7.10. The standard InChI is InChI=1S/C20H22ClN3O/c21-17-11-15(12-18(13-17)23-9-7-22-8-10-23)14-24-19-4-2-1-3-16(19)5-6-20(24)25/h1-4,11-13,22H,5-10,14H2. The van der Waals surface area contributed by atoms with Gasteiger partial charge in [0.2, 0.25) is 5.91 Å². The van der Waals surface area contributed by atoms with E-state index in [1.54, 1.807) is 0 Å². The van der Waals surface area contributed by atoms with Crippen molar-refractivity contribution in [3.05, 3.63) is 58.6 Å². The smallest absolute Gasteiger partial charge is 0.227 e. The Morgan fingerprint density at radius 2 is 1.84 bits per heavy atom. The van der Waals surface area contributed by atoms with Gasteiger partial charge in [0.1, 0.15) is 0 Å². The number of hydrogen-bond acceptors (Lipinski definition) is 3. The monoisotopic (exact) mass is 355 g/mol. The van der Waals surface area contributed by atoms with Crippen molar-refractivity contribution >= 4 is 28.9 Å². The van der Waals surface area contributed by atoms with Gasteiger partial charge in [0, 0.05) is 49.0 Å². The van der Waals surface area contributed by atoms with Crippen molar-refractivity contribution in [1.82, 2.24) is 5.32 Å². The number of hydrogen-bond donors (Lipinski definition) is 1. The molecule has 1 N–H and O–H groups in total. The molecule has 2 heterocycles.